The van der Waals surface area contributed by atoms with Crippen LogP contribution in [0.4, 0.5) is 0 Å². The zero-order valence-corrected chi connectivity index (χ0v) is 11.7. The molecule has 0 saturated heterocycles. The second-order valence-corrected chi connectivity index (χ2v) is 4.99. The lowest BCUT2D eigenvalue weighted by Crippen LogP contribution is -2.08. The highest BCUT2D eigenvalue weighted by atomic mass is 14.8. The van der Waals surface area contributed by atoms with Gasteiger partial charge in [-0.15, -0.1) is 0 Å². The summed E-state index contributed by atoms with van der Waals surface area (Å²) in [5, 5.41) is 3.23. The second kappa shape index (κ2) is 5.36. The Bertz CT molecular complexity index is 532. The summed E-state index contributed by atoms with van der Waals surface area (Å²) in [6, 6.07) is 13.3. The molecular weight excluding hydrogens is 218 g/mol. The molecule has 0 atom stereocenters. The molecule has 0 unspecified atom stereocenters. The minimum absolute atomic E-state index is 0.936. The van der Waals surface area contributed by atoms with Crippen molar-refractivity contribution < 1.29 is 0 Å². The molecule has 0 aliphatic rings. The molecule has 1 N–H and O–H groups in total. The Labute approximate surface area is 110 Å². The average Bonchev–Trinajstić information content (AvgIpc) is 2.33. The topological polar surface area (TPSA) is 12.0 Å². The predicted molar refractivity (Wildman–Crippen MR) is 78.9 cm³/mol. The van der Waals surface area contributed by atoms with E-state index in [2.05, 4.69) is 62.5 Å². The van der Waals surface area contributed by atoms with Crippen LogP contribution >= 0.6 is 0 Å². The molecule has 0 amide bonds. The number of hydrogen-bond acceptors (Lipinski definition) is 1. The Morgan fingerprint density at radius 2 is 1.56 bits per heavy atom. The SMILES string of the molecule is CNCc1c(C)cc(-c2cccc(C)c2)cc1C. The van der Waals surface area contributed by atoms with Gasteiger partial charge >= 0.3 is 0 Å². The van der Waals surface area contributed by atoms with Gasteiger partial charge in [0, 0.05) is 6.54 Å². The van der Waals surface area contributed by atoms with Gasteiger partial charge in [-0.25, -0.2) is 0 Å². The van der Waals surface area contributed by atoms with E-state index in [0.29, 0.717) is 0 Å². The fourth-order valence-electron chi connectivity index (χ4n) is 2.44. The number of rotatable bonds is 3. The Kier molecular flexibility index (Phi) is 3.83. The number of benzene rings is 2. The molecule has 2 rings (SSSR count). The van der Waals surface area contributed by atoms with Crippen LogP contribution in [0, 0.1) is 20.8 Å². The standard InChI is InChI=1S/C17H21N/c1-12-6-5-7-15(8-12)16-9-13(2)17(11-18-4)14(3)10-16/h5-10,18H,11H2,1-4H3. The molecule has 1 heteroatoms. The van der Waals surface area contributed by atoms with E-state index < -0.39 is 0 Å². The molecule has 0 aliphatic heterocycles. The van der Waals surface area contributed by atoms with E-state index in [0.717, 1.165) is 6.54 Å². The Morgan fingerprint density at radius 1 is 0.889 bits per heavy atom. The predicted octanol–water partition coefficient (Wildman–Crippen LogP) is 4.00. The molecule has 1 nitrogen and oxygen atoms in total. The summed E-state index contributed by atoms with van der Waals surface area (Å²) in [5.74, 6) is 0. The van der Waals surface area contributed by atoms with Gasteiger partial charge in [0.15, 0.2) is 0 Å². The van der Waals surface area contributed by atoms with Gasteiger partial charge in [0.05, 0.1) is 0 Å². The molecule has 0 fully saturated rings. The van der Waals surface area contributed by atoms with E-state index in [9.17, 15) is 0 Å². The normalized spacial score (nSPS) is 10.7. The minimum Gasteiger partial charge on any atom is -0.316 e. The summed E-state index contributed by atoms with van der Waals surface area (Å²) < 4.78 is 0. The van der Waals surface area contributed by atoms with Crippen LogP contribution in [-0.2, 0) is 6.54 Å². The third kappa shape index (κ3) is 2.62. The van der Waals surface area contributed by atoms with Crippen molar-refractivity contribution >= 4 is 0 Å². The van der Waals surface area contributed by atoms with E-state index in [1.807, 2.05) is 7.05 Å². The summed E-state index contributed by atoms with van der Waals surface area (Å²) in [4.78, 5) is 0. The molecule has 0 aliphatic carbocycles. The molecule has 0 aromatic heterocycles. The van der Waals surface area contributed by atoms with Crippen LogP contribution < -0.4 is 5.32 Å². The lowest BCUT2D eigenvalue weighted by Gasteiger charge is -2.13. The monoisotopic (exact) mass is 239 g/mol. The minimum atomic E-state index is 0.936. The fraction of sp³-hybridized carbons (Fsp3) is 0.294. The fourth-order valence-corrected chi connectivity index (χ4v) is 2.44. The Balaban J connectivity index is 2.48. The van der Waals surface area contributed by atoms with Gasteiger partial charge in [0.2, 0.25) is 0 Å². The summed E-state index contributed by atoms with van der Waals surface area (Å²) >= 11 is 0. The van der Waals surface area contributed by atoms with Gasteiger partial charge in [-0.1, -0.05) is 42.0 Å². The maximum absolute atomic E-state index is 3.23. The van der Waals surface area contributed by atoms with Crippen molar-refractivity contribution in [2.24, 2.45) is 0 Å². The molecule has 0 saturated carbocycles. The van der Waals surface area contributed by atoms with Crippen molar-refractivity contribution in [1.82, 2.24) is 5.32 Å². The summed E-state index contributed by atoms with van der Waals surface area (Å²) in [5.41, 5.74) is 8.06. The van der Waals surface area contributed by atoms with Crippen molar-refractivity contribution in [3.05, 3.63) is 58.7 Å². The van der Waals surface area contributed by atoms with Crippen molar-refractivity contribution in [2.75, 3.05) is 7.05 Å². The maximum atomic E-state index is 3.23. The average molecular weight is 239 g/mol. The lowest BCUT2D eigenvalue weighted by molar-refractivity contribution is 0.806. The number of hydrogen-bond donors (Lipinski definition) is 1. The molecule has 0 heterocycles. The third-order valence-corrected chi connectivity index (χ3v) is 3.40. The third-order valence-electron chi connectivity index (χ3n) is 3.40. The van der Waals surface area contributed by atoms with E-state index >= 15 is 0 Å². The van der Waals surface area contributed by atoms with E-state index in [4.69, 9.17) is 0 Å². The first-order valence-electron chi connectivity index (χ1n) is 6.43. The van der Waals surface area contributed by atoms with Crippen molar-refractivity contribution in [2.45, 2.75) is 27.3 Å². The van der Waals surface area contributed by atoms with Crippen LogP contribution in [0.2, 0.25) is 0 Å². The van der Waals surface area contributed by atoms with E-state index in [1.165, 1.54) is 33.4 Å². The smallest absolute Gasteiger partial charge is 0.0207 e. The van der Waals surface area contributed by atoms with E-state index in [-0.39, 0.29) is 0 Å². The van der Waals surface area contributed by atoms with Crippen molar-refractivity contribution in [3.63, 3.8) is 0 Å². The van der Waals surface area contributed by atoms with Crippen LogP contribution in [0.1, 0.15) is 22.3 Å². The van der Waals surface area contributed by atoms with E-state index in [1.54, 1.807) is 0 Å². The molecule has 2 aromatic rings. The van der Waals surface area contributed by atoms with Gasteiger partial charge in [0.25, 0.3) is 0 Å². The second-order valence-electron chi connectivity index (χ2n) is 4.99. The van der Waals surface area contributed by atoms with Gasteiger partial charge in [-0.05, 0) is 55.6 Å². The molecular formula is C17H21N. The summed E-state index contributed by atoms with van der Waals surface area (Å²) in [6.07, 6.45) is 0. The highest BCUT2D eigenvalue weighted by molar-refractivity contribution is 5.66. The largest absolute Gasteiger partial charge is 0.316 e. The van der Waals surface area contributed by atoms with Crippen molar-refractivity contribution in [3.8, 4) is 11.1 Å². The molecule has 0 radical (unpaired) electrons. The number of aryl methyl sites for hydroxylation is 3. The zero-order chi connectivity index (χ0) is 13.1. The summed E-state index contributed by atoms with van der Waals surface area (Å²) in [6.45, 7) is 7.46. The quantitative estimate of drug-likeness (QED) is 0.853. The molecule has 94 valence electrons. The van der Waals surface area contributed by atoms with Crippen LogP contribution in [0.3, 0.4) is 0 Å². The first-order valence-corrected chi connectivity index (χ1v) is 6.43. The van der Waals surface area contributed by atoms with Crippen molar-refractivity contribution in [1.29, 1.82) is 0 Å². The van der Waals surface area contributed by atoms with Crippen LogP contribution in [0.15, 0.2) is 36.4 Å². The summed E-state index contributed by atoms with van der Waals surface area (Å²) in [7, 11) is 1.99. The van der Waals surface area contributed by atoms with Crippen LogP contribution in [0.25, 0.3) is 11.1 Å². The highest BCUT2D eigenvalue weighted by Crippen LogP contribution is 2.25. The first-order chi connectivity index (χ1) is 8.61. The van der Waals surface area contributed by atoms with Gasteiger partial charge < -0.3 is 5.32 Å². The van der Waals surface area contributed by atoms with Gasteiger partial charge in [-0.2, -0.15) is 0 Å². The molecule has 0 bridgehead atoms. The lowest BCUT2D eigenvalue weighted by atomic mass is 9.95. The Morgan fingerprint density at radius 3 is 2.11 bits per heavy atom. The van der Waals surface area contributed by atoms with Crippen LogP contribution in [0.5, 0.6) is 0 Å². The van der Waals surface area contributed by atoms with Gasteiger partial charge in [-0.3, -0.25) is 0 Å². The first kappa shape index (κ1) is 12.8. The highest BCUT2D eigenvalue weighted by Gasteiger charge is 2.06. The Hall–Kier alpha value is -1.60. The molecule has 18 heavy (non-hydrogen) atoms. The maximum Gasteiger partial charge on any atom is 0.0207 e. The number of nitrogens with one attached hydrogen (secondary N) is 1. The van der Waals surface area contributed by atoms with Crippen LogP contribution in [-0.4, -0.2) is 7.05 Å². The van der Waals surface area contributed by atoms with Gasteiger partial charge in [0.1, 0.15) is 0 Å². The zero-order valence-electron chi connectivity index (χ0n) is 11.7. The molecule has 2 aromatic carbocycles. The molecule has 0 spiro atoms.